The van der Waals surface area contributed by atoms with Crippen LogP contribution < -0.4 is 5.32 Å². The molecular weight excluding hydrogens is 428 g/mol. The summed E-state index contributed by atoms with van der Waals surface area (Å²) >= 11 is 0. The van der Waals surface area contributed by atoms with E-state index in [9.17, 15) is 14.9 Å². The molecule has 0 aliphatic carbocycles. The summed E-state index contributed by atoms with van der Waals surface area (Å²) in [7, 11) is 0. The molecular formula is C27H40N4O3. The highest BCUT2D eigenvalue weighted by molar-refractivity contribution is 5.83. The van der Waals surface area contributed by atoms with Gasteiger partial charge in [-0.25, -0.2) is 4.79 Å². The van der Waals surface area contributed by atoms with Gasteiger partial charge in [-0.2, -0.15) is 5.26 Å². The van der Waals surface area contributed by atoms with E-state index in [4.69, 9.17) is 4.74 Å². The maximum absolute atomic E-state index is 13.7. The molecule has 1 aromatic rings. The van der Waals surface area contributed by atoms with Crippen molar-refractivity contribution < 1.29 is 14.3 Å². The first-order valence-electron chi connectivity index (χ1n) is 12.6. The number of rotatable bonds is 7. The van der Waals surface area contributed by atoms with E-state index in [-0.39, 0.29) is 24.0 Å². The third kappa shape index (κ3) is 6.96. The molecule has 2 amide bonds. The zero-order chi connectivity index (χ0) is 24.9. The predicted octanol–water partition coefficient (Wildman–Crippen LogP) is 4.13. The summed E-state index contributed by atoms with van der Waals surface area (Å²) in [6.07, 6.45) is 3.45. The van der Waals surface area contributed by atoms with E-state index in [1.165, 1.54) is 5.56 Å². The van der Waals surface area contributed by atoms with Crippen LogP contribution >= 0.6 is 0 Å². The smallest absolute Gasteiger partial charge is 0.407 e. The van der Waals surface area contributed by atoms with Crippen molar-refractivity contribution in [1.82, 2.24) is 15.1 Å². The normalized spacial score (nSPS) is 24.3. The molecule has 186 valence electrons. The number of aryl methyl sites for hydroxylation is 1. The Labute approximate surface area is 204 Å². The second-order valence-corrected chi connectivity index (χ2v) is 11.1. The number of amides is 2. The van der Waals surface area contributed by atoms with Crippen molar-refractivity contribution in [3.8, 4) is 6.07 Å². The molecule has 2 fully saturated rings. The molecule has 2 saturated heterocycles. The molecule has 4 atom stereocenters. The third-order valence-electron chi connectivity index (χ3n) is 6.63. The lowest BCUT2D eigenvalue weighted by Crippen LogP contribution is -2.48. The van der Waals surface area contributed by atoms with E-state index in [1.54, 1.807) is 4.90 Å². The fourth-order valence-corrected chi connectivity index (χ4v) is 5.14. The average molecular weight is 469 g/mol. The van der Waals surface area contributed by atoms with E-state index in [0.29, 0.717) is 31.8 Å². The van der Waals surface area contributed by atoms with Gasteiger partial charge in [-0.1, -0.05) is 44.2 Å². The molecule has 0 radical (unpaired) electrons. The van der Waals surface area contributed by atoms with Crippen LogP contribution in [0.4, 0.5) is 4.79 Å². The van der Waals surface area contributed by atoms with Crippen LogP contribution in [0.2, 0.25) is 0 Å². The first kappa shape index (κ1) is 26.0. The van der Waals surface area contributed by atoms with Gasteiger partial charge in [-0.05, 0) is 64.4 Å². The van der Waals surface area contributed by atoms with E-state index >= 15 is 0 Å². The minimum absolute atomic E-state index is 0.0166. The molecule has 1 N–H and O–H groups in total. The van der Waals surface area contributed by atoms with Gasteiger partial charge in [-0.15, -0.1) is 0 Å². The Kier molecular flexibility index (Phi) is 8.59. The summed E-state index contributed by atoms with van der Waals surface area (Å²) in [6.45, 7) is 10.9. The van der Waals surface area contributed by atoms with Crippen molar-refractivity contribution in [2.24, 2.45) is 5.92 Å². The molecule has 2 aliphatic heterocycles. The Hall–Kier alpha value is -2.59. The molecule has 1 unspecified atom stereocenters. The number of carbonyl (C=O) groups is 2. The highest BCUT2D eigenvalue weighted by Crippen LogP contribution is 2.31. The van der Waals surface area contributed by atoms with Gasteiger partial charge in [0.15, 0.2) is 0 Å². The van der Waals surface area contributed by atoms with Crippen LogP contribution in [-0.4, -0.2) is 64.7 Å². The van der Waals surface area contributed by atoms with Crippen molar-refractivity contribution in [3.63, 3.8) is 0 Å². The predicted molar refractivity (Wildman–Crippen MR) is 132 cm³/mol. The highest BCUT2D eigenvalue weighted by atomic mass is 16.6. The summed E-state index contributed by atoms with van der Waals surface area (Å²) in [4.78, 5) is 30.2. The van der Waals surface area contributed by atoms with Crippen LogP contribution in [0.25, 0.3) is 0 Å². The molecule has 3 rings (SSSR count). The van der Waals surface area contributed by atoms with Gasteiger partial charge >= 0.3 is 6.09 Å². The van der Waals surface area contributed by atoms with Crippen LogP contribution in [0, 0.1) is 17.2 Å². The number of nitrogens with zero attached hydrogens (tertiary/aromatic N) is 3. The number of carbonyl (C=O) groups excluding carboxylic acids is 2. The zero-order valence-electron chi connectivity index (χ0n) is 21.3. The lowest BCUT2D eigenvalue weighted by atomic mass is 10.0. The Balaban J connectivity index is 1.78. The number of hydrogen-bond donors (Lipinski definition) is 1. The van der Waals surface area contributed by atoms with Crippen molar-refractivity contribution in [1.29, 1.82) is 5.26 Å². The van der Waals surface area contributed by atoms with Gasteiger partial charge < -0.3 is 15.0 Å². The van der Waals surface area contributed by atoms with Crippen molar-refractivity contribution in [2.45, 2.75) is 96.5 Å². The largest absolute Gasteiger partial charge is 0.444 e. The van der Waals surface area contributed by atoms with Gasteiger partial charge in [0.1, 0.15) is 11.6 Å². The van der Waals surface area contributed by atoms with Crippen LogP contribution in [0.3, 0.4) is 0 Å². The molecule has 7 nitrogen and oxygen atoms in total. The minimum Gasteiger partial charge on any atom is -0.444 e. The number of benzene rings is 1. The highest BCUT2D eigenvalue weighted by Gasteiger charge is 2.46. The topological polar surface area (TPSA) is 85.7 Å². The standard InChI is InChI=1S/C27H40N4O3/c1-19(2)15-23(17-28)30-14-13-22(12-11-20-9-7-6-8-10-20)31-18-21(16-24(31)25(30)32)29-26(33)34-27(3,4)5/h6-10,19,21-24H,11-16,18H2,1-5H3,(H,29,33)/t21-,22?,23-,24+/m1/s1. The number of nitriles is 1. The first-order chi connectivity index (χ1) is 16.1. The average Bonchev–Trinajstić information content (AvgIpc) is 3.12. The van der Waals surface area contributed by atoms with E-state index in [0.717, 1.165) is 19.3 Å². The molecule has 0 bridgehead atoms. The number of hydrogen-bond acceptors (Lipinski definition) is 5. The fourth-order valence-electron chi connectivity index (χ4n) is 5.14. The maximum Gasteiger partial charge on any atom is 0.407 e. The second-order valence-electron chi connectivity index (χ2n) is 11.1. The molecule has 0 aromatic heterocycles. The second kappa shape index (κ2) is 11.2. The SMILES string of the molecule is CC(C)C[C@H](C#N)N1CCC(CCc2ccccc2)N2C[C@H](NC(=O)OC(C)(C)C)C[C@H]2C1=O. The molecule has 2 aliphatic rings. The third-order valence-corrected chi connectivity index (χ3v) is 6.63. The Bertz CT molecular complexity index is 874. The van der Waals surface area contributed by atoms with E-state index < -0.39 is 17.7 Å². The number of ether oxygens (including phenoxy) is 1. The fraction of sp³-hybridized carbons (Fsp3) is 0.667. The summed E-state index contributed by atoms with van der Waals surface area (Å²) in [5, 5.41) is 12.8. The Morgan fingerprint density at radius 2 is 1.97 bits per heavy atom. The maximum atomic E-state index is 13.7. The quantitative estimate of drug-likeness (QED) is 0.650. The molecule has 0 saturated carbocycles. The summed E-state index contributed by atoms with van der Waals surface area (Å²) in [5.41, 5.74) is 0.707. The van der Waals surface area contributed by atoms with Crippen LogP contribution in [-0.2, 0) is 16.0 Å². The number of nitrogens with one attached hydrogen (secondary N) is 1. The molecule has 7 heteroatoms. The first-order valence-corrected chi connectivity index (χ1v) is 12.6. The van der Waals surface area contributed by atoms with Crippen LogP contribution in [0.5, 0.6) is 0 Å². The van der Waals surface area contributed by atoms with Gasteiger partial charge in [0, 0.05) is 25.2 Å². The van der Waals surface area contributed by atoms with E-state index in [2.05, 4.69) is 54.4 Å². The van der Waals surface area contributed by atoms with Crippen LogP contribution in [0.1, 0.15) is 65.9 Å². The van der Waals surface area contributed by atoms with Crippen molar-refractivity contribution in [2.75, 3.05) is 13.1 Å². The monoisotopic (exact) mass is 468 g/mol. The van der Waals surface area contributed by atoms with Gasteiger partial charge in [0.25, 0.3) is 0 Å². The molecule has 34 heavy (non-hydrogen) atoms. The van der Waals surface area contributed by atoms with Crippen LogP contribution in [0.15, 0.2) is 30.3 Å². The summed E-state index contributed by atoms with van der Waals surface area (Å²) in [6, 6.07) is 12.1. The lowest BCUT2D eigenvalue weighted by Gasteiger charge is -2.30. The van der Waals surface area contributed by atoms with Crippen molar-refractivity contribution >= 4 is 12.0 Å². The summed E-state index contributed by atoms with van der Waals surface area (Å²) in [5.74, 6) is 0.346. The molecule has 2 heterocycles. The van der Waals surface area contributed by atoms with Crippen molar-refractivity contribution in [3.05, 3.63) is 35.9 Å². The Morgan fingerprint density at radius 3 is 2.59 bits per heavy atom. The lowest BCUT2D eigenvalue weighted by molar-refractivity contribution is -0.136. The Morgan fingerprint density at radius 1 is 1.26 bits per heavy atom. The number of fused-ring (bicyclic) bond motifs is 1. The molecule has 0 spiro atoms. The summed E-state index contributed by atoms with van der Waals surface area (Å²) < 4.78 is 5.45. The zero-order valence-corrected chi connectivity index (χ0v) is 21.3. The minimum atomic E-state index is -0.574. The molecule has 1 aromatic carbocycles. The van der Waals surface area contributed by atoms with Gasteiger partial charge in [0.05, 0.1) is 12.1 Å². The van der Waals surface area contributed by atoms with Gasteiger partial charge in [-0.3, -0.25) is 9.69 Å². The number of alkyl carbamates (subject to hydrolysis) is 1. The van der Waals surface area contributed by atoms with E-state index in [1.807, 2.05) is 26.8 Å². The van der Waals surface area contributed by atoms with Gasteiger partial charge in [0.2, 0.25) is 5.91 Å².